The first-order chi connectivity index (χ1) is 11.6. The van der Waals surface area contributed by atoms with Crippen molar-refractivity contribution in [1.82, 2.24) is 15.5 Å². The van der Waals surface area contributed by atoms with Crippen LogP contribution in [-0.4, -0.2) is 42.5 Å². The van der Waals surface area contributed by atoms with Crippen LogP contribution in [0.1, 0.15) is 31.2 Å². The summed E-state index contributed by atoms with van der Waals surface area (Å²) in [6.07, 6.45) is 4.26. The Labute approximate surface area is 141 Å². The van der Waals surface area contributed by atoms with Gasteiger partial charge in [0, 0.05) is 31.6 Å². The van der Waals surface area contributed by atoms with Crippen LogP contribution in [0.15, 0.2) is 24.3 Å². The van der Waals surface area contributed by atoms with Gasteiger partial charge in [-0.05, 0) is 49.8 Å². The highest BCUT2D eigenvalue weighted by molar-refractivity contribution is 5.81. The van der Waals surface area contributed by atoms with E-state index < -0.39 is 0 Å². The normalized spacial score (nSPS) is 18.3. The second kappa shape index (κ2) is 7.64. The van der Waals surface area contributed by atoms with Crippen molar-refractivity contribution in [3.8, 4) is 0 Å². The van der Waals surface area contributed by atoms with Gasteiger partial charge in [0.15, 0.2) is 0 Å². The van der Waals surface area contributed by atoms with Crippen LogP contribution in [-0.2, 0) is 11.2 Å². The summed E-state index contributed by atoms with van der Waals surface area (Å²) in [5.41, 5.74) is 0.863. The highest BCUT2D eigenvalue weighted by atomic mass is 19.1. The largest absolute Gasteiger partial charge is 0.342 e. The van der Waals surface area contributed by atoms with Crippen molar-refractivity contribution in [1.29, 1.82) is 0 Å². The third kappa shape index (κ3) is 4.69. The smallest absolute Gasteiger partial charge is 0.315 e. The zero-order valence-electron chi connectivity index (χ0n) is 13.8. The molecule has 2 aliphatic rings. The fourth-order valence-electron chi connectivity index (χ4n) is 3.08. The van der Waals surface area contributed by atoms with Gasteiger partial charge in [-0.3, -0.25) is 4.79 Å². The van der Waals surface area contributed by atoms with Gasteiger partial charge in [0.1, 0.15) is 5.82 Å². The molecule has 1 aromatic carbocycles. The standard InChI is InChI=1S/C18H24FN3O2/c19-15-3-1-2-13(12-15)6-9-20-18(24)21-16-7-10-22(11-8-16)17(23)14-4-5-14/h1-3,12,14,16H,4-11H2,(H2,20,21,24). The summed E-state index contributed by atoms with van der Waals surface area (Å²) in [7, 11) is 0. The average Bonchev–Trinajstić information content (AvgIpc) is 3.40. The maximum absolute atomic E-state index is 13.1. The molecule has 5 nitrogen and oxygen atoms in total. The molecule has 24 heavy (non-hydrogen) atoms. The first-order valence-electron chi connectivity index (χ1n) is 8.69. The molecule has 1 aliphatic heterocycles. The van der Waals surface area contributed by atoms with Crippen LogP contribution < -0.4 is 10.6 Å². The molecule has 0 unspecified atom stereocenters. The topological polar surface area (TPSA) is 61.4 Å². The van der Waals surface area contributed by atoms with Gasteiger partial charge in [-0.25, -0.2) is 9.18 Å². The minimum atomic E-state index is -0.260. The van der Waals surface area contributed by atoms with Crippen molar-refractivity contribution < 1.29 is 14.0 Å². The average molecular weight is 333 g/mol. The van der Waals surface area contributed by atoms with E-state index in [2.05, 4.69) is 10.6 Å². The third-order valence-corrected chi connectivity index (χ3v) is 4.66. The Morgan fingerprint density at radius 3 is 2.58 bits per heavy atom. The minimum Gasteiger partial charge on any atom is -0.342 e. The highest BCUT2D eigenvalue weighted by Crippen LogP contribution is 2.31. The summed E-state index contributed by atoms with van der Waals surface area (Å²) in [6.45, 7) is 1.92. The third-order valence-electron chi connectivity index (χ3n) is 4.66. The van der Waals surface area contributed by atoms with Crippen LogP contribution in [0.5, 0.6) is 0 Å². The molecule has 1 saturated carbocycles. The molecule has 3 amide bonds. The second-order valence-electron chi connectivity index (χ2n) is 6.65. The second-order valence-corrected chi connectivity index (χ2v) is 6.65. The Bertz CT molecular complexity index is 596. The molecule has 6 heteroatoms. The zero-order chi connectivity index (χ0) is 16.9. The number of rotatable bonds is 5. The predicted octanol–water partition coefficient (Wildman–Crippen LogP) is 2.07. The van der Waals surface area contributed by atoms with E-state index in [0.29, 0.717) is 13.0 Å². The molecule has 1 aromatic rings. The number of nitrogens with zero attached hydrogens (tertiary/aromatic N) is 1. The van der Waals surface area contributed by atoms with E-state index in [9.17, 15) is 14.0 Å². The summed E-state index contributed by atoms with van der Waals surface area (Å²) >= 11 is 0. The van der Waals surface area contributed by atoms with E-state index in [1.165, 1.54) is 12.1 Å². The molecular weight excluding hydrogens is 309 g/mol. The van der Waals surface area contributed by atoms with Crippen LogP contribution in [0, 0.1) is 11.7 Å². The number of likely N-dealkylation sites (tertiary alicyclic amines) is 1. The van der Waals surface area contributed by atoms with Crippen LogP contribution in [0.2, 0.25) is 0 Å². The van der Waals surface area contributed by atoms with Crippen LogP contribution in [0.4, 0.5) is 9.18 Å². The van der Waals surface area contributed by atoms with Crippen molar-refractivity contribution in [3.05, 3.63) is 35.6 Å². The molecule has 0 spiro atoms. The number of carbonyl (C=O) groups is 2. The van der Waals surface area contributed by atoms with Crippen molar-refractivity contribution in [2.24, 2.45) is 5.92 Å². The lowest BCUT2D eigenvalue weighted by Gasteiger charge is -2.32. The van der Waals surface area contributed by atoms with E-state index in [4.69, 9.17) is 0 Å². The van der Waals surface area contributed by atoms with Crippen molar-refractivity contribution in [2.75, 3.05) is 19.6 Å². The molecule has 0 aromatic heterocycles. The Kier molecular flexibility index (Phi) is 5.33. The van der Waals surface area contributed by atoms with Gasteiger partial charge in [-0.1, -0.05) is 12.1 Å². The van der Waals surface area contributed by atoms with Gasteiger partial charge in [-0.2, -0.15) is 0 Å². The van der Waals surface area contributed by atoms with E-state index in [1.807, 2.05) is 11.0 Å². The number of halogens is 1. The summed E-state index contributed by atoms with van der Waals surface area (Å²) in [5, 5.41) is 5.77. The van der Waals surface area contributed by atoms with Crippen LogP contribution in [0.25, 0.3) is 0 Å². The molecule has 0 atom stereocenters. The molecule has 2 N–H and O–H groups in total. The van der Waals surface area contributed by atoms with Gasteiger partial charge in [0.2, 0.25) is 5.91 Å². The summed E-state index contributed by atoms with van der Waals surface area (Å²) in [6, 6.07) is 6.31. The van der Waals surface area contributed by atoms with E-state index in [-0.39, 0.29) is 29.7 Å². The predicted molar refractivity (Wildman–Crippen MR) is 89.0 cm³/mol. The molecule has 1 aliphatic carbocycles. The lowest BCUT2D eigenvalue weighted by atomic mass is 10.0. The summed E-state index contributed by atoms with van der Waals surface area (Å²) in [5.74, 6) is 0.290. The van der Waals surface area contributed by atoms with E-state index in [0.717, 1.165) is 44.3 Å². The Hall–Kier alpha value is -2.11. The lowest BCUT2D eigenvalue weighted by Crippen LogP contribution is -2.49. The number of hydrogen-bond acceptors (Lipinski definition) is 2. The van der Waals surface area contributed by atoms with Crippen molar-refractivity contribution >= 4 is 11.9 Å². The molecule has 1 saturated heterocycles. The molecule has 0 bridgehead atoms. The number of urea groups is 1. The van der Waals surface area contributed by atoms with E-state index in [1.54, 1.807) is 6.07 Å². The van der Waals surface area contributed by atoms with Gasteiger partial charge in [0.25, 0.3) is 0 Å². The molecular formula is C18H24FN3O2. The minimum absolute atomic E-state index is 0.113. The van der Waals surface area contributed by atoms with Gasteiger partial charge < -0.3 is 15.5 Å². The van der Waals surface area contributed by atoms with Gasteiger partial charge >= 0.3 is 6.03 Å². The number of nitrogens with one attached hydrogen (secondary N) is 2. The van der Waals surface area contributed by atoms with Crippen molar-refractivity contribution in [2.45, 2.75) is 38.1 Å². The summed E-state index contributed by atoms with van der Waals surface area (Å²) < 4.78 is 13.1. The molecule has 130 valence electrons. The summed E-state index contributed by atoms with van der Waals surface area (Å²) in [4.78, 5) is 25.8. The fraction of sp³-hybridized carbons (Fsp3) is 0.556. The number of hydrogen-bond donors (Lipinski definition) is 2. The number of amides is 3. The van der Waals surface area contributed by atoms with Crippen molar-refractivity contribution in [3.63, 3.8) is 0 Å². The Balaban J connectivity index is 1.33. The lowest BCUT2D eigenvalue weighted by molar-refractivity contribution is -0.133. The zero-order valence-corrected chi connectivity index (χ0v) is 13.8. The van der Waals surface area contributed by atoms with Gasteiger partial charge in [-0.15, -0.1) is 0 Å². The van der Waals surface area contributed by atoms with Gasteiger partial charge in [0.05, 0.1) is 0 Å². The first-order valence-corrected chi connectivity index (χ1v) is 8.69. The van der Waals surface area contributed by atoms with E-state index >= 15 is 0 Å². The maximum Gasteiger partial charge on any atom is 0.315 e. The monoisotopic (exact) mass is 333 g/mol. The highest BCUT2D eigenvalue weighted by Gasteiger charge is 2.35. The Morgan fingerprint density at radius 1 is 1.17 bits per heavy atom. The fourth-order valence-corrected chi connectivity index (χ4v) is 3.08. The molecule has 1 heterocycles. The quantitative estimate of drug-likeness (QED) is 0.866. The number of benzene rings is 1. The number of carbonyl (C=O) groups excluding carboxylic acids is 2. The van der Waals surface area contributed by atoms with Crippen LogP contribution >= 0.6 is 0 Å². The molecule has 3 rings (SSSR count). The molecule has 2 fully saturated rings. The number of piperidine rings is 1. The SMILES string of the molecule is O=C(NCCc1cccc(F)c1)NC1CCN(C(=O)C2CC2)CC1. The molecule has 0 radical (unpaired) electrons. The maximum atomic E-state index is 13.1. The first kappa shape index (κ1) is 16.7. The Morgan fingerprint density at radius 2 is 1.92 bits per heavy atom. The van der Waals surface area contributed by atoms with Crippen LogP contribution in [0.3, 0.4) is 0 Å².